The second kappa shape index (κ2) is 9.20. The van der Waals surface area contributed by atoms with Crippen LogP contribution in [0.1, 0.15) is 11.4 Å². The Balaban J connectivity index is 1.54. The molecule has 6 nitrogen and oxygen atoms in total. The largest absolute Gasteiger partial charge is 0.486 e. The SMILES string of the molecule is Cc1cccc(OCc2nnc(SCC(=O)Nc3ccc(Br)cc3F)n2C)c1. The van der Waals surface area contributed by atoms with Crippen molar-refractivity contribution in [3.8, 4) is 5.75 Å². The van der Waals surface area contributed by atoms with Gasteiger partial charge in [0.2, 0.25) is 5.91 Å². The van der Waals surface area contributed by atoms with E-state index in [1.165, 1.54) is 23.9 Å². The molecule has 3 rings (SSSR count). The number of ether oxygens (including phenoxy) is 1. The van der Waals surface area contributed by atoms with Crippen LogP contribution in [0.5, 0.6) is 5.75 Å². The number of hydrogen-bond acceptors (Lipinski definition) is 5. The zero-order chi connectivity index (χ0) is 20.1. The van der Waals surface area contributed by atoms with Gasteiger partial charge in [-0.2, -0.15) is 0 Å². The molecule has 146 valence electrons. The summed E-state index contributed by atoms with van der Waals surface area (Å²) in [6.45, 7) is 2.26. The van der Waals surface area contributed by atoms with Gasteiger partial charge in [0, 0.05) is 11.5 Å². The number of nitrogens with zero attached hydrogens (tertiary/aromatic N) is 3. The number of anilines is 1. The summed E-state index contributed by atoms with van der Waals surface area (Å²) in [5, 5.41) is 11.3. The Morgan fingerprint density at radius 2 is 2.11 bits per heavy atom. The molecule has 0 radical (unpaired) electrons. The molecule has 28 heavy (non-hydrogen) atoms. The molecule has 0 atom stereocenters. The first kappa shape index (κ1) is 20.3. The summed E-state index contributed by atoms with van der Waals surface area (Å²) in [4.78, 5) is 12.1. The number of thioether (sulfide) groups is 1. The van der Waals surface area contributed by atoms with E-state index in [4.69, 9.17) is 4.74 Å². The summed E-state index contributed by atoms with van der Waals surface area (Å²) < 4.78 is 21.9. The highest BCUT2D eigenvalue weighted by atomic mass is 79.9. The van der Waals surface area contributed by atoms with Crippen molar-refractivity contribution in [3.63, 3.8) is 0 Å². The van der Waals surface area contributed by atoms with Gasteiger partial charge in [-0.05, 0) is 42.8 Å². The lowest BCUT2D eigenvalue weighted by Crippen LogP contribution is -2.15. The third-order valence-corrected chi connectivity index (χ3v) is 5.33. The van der Waals surface area contributed by atoms with Crippen molar-refractivity contribution in [1.29, 1.82) is 0 Å². The van der Waals surface area contributed by atoms with Crippen LogP contribution in [0.15, 0.2) is 52.1 Å². The van der Waals surface area contributed by atoms with Crippen LogP contribution in [0, 0.1) is 12.7 Å². The Labute approximate surface area is 174 Å². The van der Waals surface area contributed by atoms with Crippen molar-refractivity contribution in [2.45, 2.75) is 18.7 Å². The second-order valence-corrected chi connectivity index (χ2v) is 7.88. The van der Waals surface area contributed by atoms with Crippen LogP contribution in [0.3, 0.4) is 0 Å². The number of halogens is 2. The maximum absolute atomic E-state index is 13.8. The number of carbonyl (C=O) groups is 1. The molecule has 1 amide bonds. The summed E-state index contributed by atoms with van der Waals surface area (Å²) in [5.41, 5.74) is 1.25. The van der Waals surface area contributed by atoms with Crippen molar-refractivity contribution >= 4 is 39.3 Å². The molecule has 0 saturated heterocycles. The van der Waals surface area contributed by atoms with Crippen molar-refractivity contribution in [3.05, 3.63) is 64.1 Å². The van der Waals surface area contributed by atoms with Crippen LogP contribution in [0.4, 0.5) is 10.1 Å². The van der Waals surface area contributed by atoms with E-state index in [1.54, 1.807) is 10.6 Å². The fourth-order valence-corrected chi connectivity index (χ4v) is 3.42. The van der Waals surface area contributed by atoms with Gasteiger partial charge in [0.05, 0.1) is 11.4 Å². The van der Waals surface area contributed by atoms with E-state index < -0.39 is 5.82 Å². The lowest BCUT2D eigenvalue weighted by Gasteiger charge is -2.08. The summed E-state index contributed by atoms with van der Waals surface area (Å²) in [6.07, 6.45) is 0. The molecule has 0 fully saturated rings. The van der Waals surface area contributed by atoms with E-state index in [0.29, 0.717) is 15.5 Å². The third kappa shape index (κ3) is 5.32. The molecule has 0 spiro atoms. The molecule has 1 aromatic heterocycles. The predicted molar refractivity (Wildman–Crippen MR) is 110 cm³/mol. The first-order valence-corrected chi connectivity index (χ1v) is 10.2. The number of carbonyl (C=O) groups excluding carboxylic acids is 1. The minimum atomic E-state index is -0.498. The summed E-state index contributed by atoms with van der Waals surface area (Å²) in [6, 6.07) is 12.2. The summed E-state index contributed by atoms with van der Waals surface area (Å²) in [7, 11) is 1.81. The zero-order valence-electron chi connectivity index (χ0n) is 15.3. The van der Waals surface area contributed by atoms with Gasteiger partial charge in [-0.25, -0.2) is 4.39 Å². The third-order valence-electron chi connectivity index (χ3n) is 3.82. The Morgan fingerprint density at radius 3 is 2.86 bits per heavy atom. The zero-order valence-corrected chi connectivity index (χ0v) is 17.7. The maximum atomic E-state index is 13.8. The molecular weight excluding hydrogens is 447 g/mol. The highest BCUT2D eigenvalue weighted by Crippen LogP contribution is 2.21. The van der Waals surface area contributed by atoms with Gasteiger partial charge in [-0.3, -0.25) is 4.79 Å². The number of aromatic nitrogens is 3. The number of rotatable bonds is 7. The molecule has 3 aromatic rings. The number of benzene rings is 2. The van der Waals surface area contributed by atoms with Crippen molar-refractivity contribution in [2.24, 2.45) is 7.05 Å². The number of hydrogen-bond donors (Lipinski definition) is 1. The van der Waals surface area contributed by atoms with Gasteiger partial charge < -0.3 is 14.6 Å². The molecular formula is C19H18BrFN4O2S. The van der Waals surface area contributed by atoms with Gasteiger partial charge in [0.15, 0.2) is 11.0 Å². The number of aryl methyl sites for hydroxylation is 1. The predicted octanol–water partition coefficient (Wildman–Crippen LogP) is 4.33. The molecule has 1 N–H and O–H groups in total. The van der Waals surface area contributed by atoms with Gasteiger partial charge in [-0.1, -0.05) is 39.8 Å². The fraction of sp³-hybridized carbons (Fsp3) is 0.211. The Kier molecular flexibility index (Phi) is 6.69. The van der Waals surface area contributed by atoms with Crippen molar-refractivity contribution < 1.29 is 13.9 Å². The van der Waals surface area contributed by atoms with Crippen LogP contribution < -0.4 is 10.1 Å². The Hall–Kier alpha value is -2.39. The van der Waals surface area contributed by atoms with Crippen LogP contribution in [-0.4, -0.2) is 26.4 Å². The average Bonchev–Trinajstić information content (AvgIpc) is 3.00. The molecule has 9 heteroatoms. The standard InChI is InChI=1S/C19H18BrFN4O2S/c1-12-4-3-5-14(8-12)27-10-17-23-24-19(25(17)2)28-11-18(26)22-16-7-6-13(20)9-15(16)21/h3-9H,10-11H2,1-2H3,(H,22,26). The van der Waals surface area contributed by atoms with Crippen LogP contribution in [-0.2, 0) is 18.4 Å². The first-order valence-electron chi connectivity index (χ1n) is 8.38. The fourth-order valence-electron chi connectivity index (χ4n) is 2.36. The smallest absolute Gasteiger partial charge is 0.234 e. The normalized spacial score (nSPS) is 10.7. The monoisotopic (exact) mass is 464 g/mol. The quantitative estimate of drug-likeness (QED) is 0.526. The minimum absolute atomic E-state index is 0.0835. The molecule has 0 bridgehead atoms. The van der Waals surface area contributed by atoms with E-state index in [-0.39, 0.29) is 24.0 Å². The molecule has 1 heterocycles. The Bertz CT molecular complexity index is 996. The van der Waals surface area contributed by atoms with E-state index in [9.17, 15) is 9.18 Å². The van der Waals surface area contributed by atoms with Crippen molar-refractivity contribution in [2.75, 3.05) is 11.1 Å². The second-order valence-electron chi connectivity index (χ2n) is 6.02. The van der Waals surface area contributed by atoms with Crippen LogP contribution >= 0.6 is 27.7 Å². The summed E-state index contributed by atoms with van der Waals surface area (Å²) >= 11 is 4.40. The summed E-state index contributed by atoms with van der Waals surface area (Å²) in [5.74, 6) is 0.658. The lowest BCUT2D eigenvalue weighted by molar-refractivity contribution is -0.113. The van der Waals surface area contributed by atoms with Crippen molar-refractivity contribution in [1.82, 2.24) is 14.8 Å². The lowest BCUT2D eigenvalue weighted by atomic mass is 10.2. The van der Waals surface area contributed by atoms with Gasteiger partial charge in [0.1, 0.15) is 18.2 Å². The number of nitrogens with one attached hydrogen (secondary N) is 1. The van der Waals surface area contributed by atoms with E-state index in [0.717, 1.165) is 11.3 Å². The molecule has 2 aromatic carbocycles. The minimum Gasteiger partial charge on any atom is -0.486 e. The van der Waals surface area contributed by atoms with Crippen LogP contribution in [0.2, 0.25) is 0 Å². The molecule has 0 aliphatic rings. The van der Waals surface area contributed by atoms with Gasteiger partial charge in [0.25, 0.3) is 0 Å². The van der Waals surface area contributed by atoms with Gasteiger partial charge in [-0.15, -0.1) is 10.2 Å². The molecule has 0 aliphatic heterocycles. The molecule has 0 unspecified atom stereocenters. The highest BCUT2D eigenvalue weighted by molar-refractivity contribution is 9.10. The van der Waals surface area contributed by atoms with Crippen LogP contribution in [0.25, 0.3) is 0 Å². The van der Waals surface area contributed by atoms with E-state index in [2.05, 4.69) is 31.4 Å². The van der Waals surface area contributed by atoms with E-state index in [1.807, 2.05) is 38.2 Å². The average molecular weight is 465 g/mol. The first-order chi connectivity index (χ1) is 13.4. The topological polar surface area (TPSA) is 69.0 Å². The highest BCUT2D eigenvalue weighted by Gasteiger charge is 2.13. The number of amides is 1. The maximum Gasteiger partial charge on any atom is 0.234 e. The molecule has 0 saturated carbocycles. The Morgan fingerprint density at radius 1 is 1.29 bits per heavy atom. The van der Waals surface area contributed by atoms with E-state index >= 15 is 0 Å². The van der Waals surface area contributed by atoms with Gasteiger partial charge >= 0.3 is 0 Å². The molecule has 0 aliphatic carbocycles.